The molecular formula is C8H12O3. The van der Waals surface area contributed by atoms with Crippen LogP contribution in [0.15, 0.2) is 0 Å². The zero-order valence-corrected chi connectivity index (χ0v) is 6.79. The Kier molecular flexibility index (Phi) is 2.27. The number of carbonyl (C=O) groups is 2. The molecule has 0 amide bonds. The molecule has 0 heterocycles. The Morgan fingerprint density at radius 1 is 1.45 bits per heavy atom. The largest absolute Gasteiger partial charge is 0.468 e. The number of hydrogen-bond acceptors (Lipinski definition) is 3. The van der Waals surface area contributed by atoms with E-state index in [4.69, 9.17) is 0 Å². The molecule has 1 aliphatic carbocycles. The third-order valence-corrected chi connectivity index (χ3v) is 1.96. The van der Waals surface area contributed by atoms with Gasteiger partial charge in [0, 0.05) is 5.92 Å². The van der Waals surface area contributed by atoms with Crippen molar-refractivity contribution < 1.29 is 14.3 Å². The second-order valence-electron chi connectivity index (χ2n) is 2.92. The van der Waals surface area contributed by atoms with E-state index in [1.807, 2.05) is 0 Å². The van der Waals surface area contributed by atoms with Crippen LogP contribution < -0.4 is 0 Å². The van der Waals surface area contributed by atoms with Crippen molar-refractivity contribution in [3.05, 3.63) is 0 Å². The molecule has 0 bridgehead atoms. The molecule has 0 aromatic carbocycles. The Morgan fingerprint density at radius 3 is 2.36 bits per heavy atom. The van der Waals surface area contributed by atoms with E-state index in [1.165, 1.54) is 7.11 Å². The van der Waals surface area contributed by atoms with Crippen molar-refractivity contribution in [3.8, 4) is 0 Å². The fraction of sp³-hybridized carbons (Fsp3) is 0.750. The lowest BCUT2D eigenvalue weighted by Crippen LogP contribution is -2.23. The van der Waals surface area contributed by atoms with Gasteiger partial charge in [-0.15, -0.1) is 0 Å². The maximum absolute atomic E-state index is 11.2. The first-order valence-electron chi connectivity index (χ1n) is 3.78. The molecule has 0 spiro atoms. The molecule has 0 aliphatic heterocycles. The predicted molar refractivity (Wildman–Crippen MR) is 38.9 cm³/mol. The first kappa shape index (κ1) is 8.24. The Balaban J connectivity index is 2.44. The number of carbonyl (C=O) groups excluding carboxylic acids is 2. The lowest BCUT2D eigenvalue weighted by atomic mass is 10.0. The van der Waals surface area contributed by atoms with Crippen molar-refractivity contribution in [2.45, 2.75) is 19.8 Å². The zero-order chi connectivity index (χ0) is 8.43. The Bertz CT molecular complexity index is 182. The minimum absolute atomic E-state index is 0.0388. The van der Waals surface area contributed by atoms with Crippen molar-refractivity contribution in [2.75, 3.05) is 7.11 Å². The lowest BCUT2D eigenvalue weighted by molar-refractivity contribution is -0.148. The van der Waals surface area contributed by atoms with E-state index in [1.54, 1.807) is 6.92 Å². The van der Waals surface area contributed by atoms with E-state index in [2.05, 4.69) is 4.74 Å². The van der Waals surface area contributed by atoms with Gasteiger partial charge in [-0.05, 0) is 19.8 Å². The molecule has 11 heavy (non-hydrogen) atoms. The highest BCUT2D eigenvalue weighted by molar-refractivity contribution is 6.00. The number of ether oxygens (including phenoxy) is 1. The second-order valence-corrected chi connectivity index (χ2v) is 2.92. The third kappa shape index (κ3) is 1.79. The van der Waals surface area contributed by atoms with Crippen molar-refractivity contribution in [1.82, 2.24) is 0 Å². The van der Waals surface area contributed by atoms with Gasteiger partial charge < -0.3 is 4.74 Å². The molecule has 0 aromatic rings. The molecule has 1 rings (SSSR count). The number of hydrogen-bond donors (Lipinski definition) is 0. The van der Waals surface area contributed by atoms with E-state index in [-0.39, 0.29) is 11.7 Å². The summed E-state index contributed by atoms with van der Waals surface area (Å²) in [6.45, 7) is 1.60. The molecule has 3 heteroatoms. The lowest BCUT2D eigenvalue weighted by Gasteiger charge is -2.05. The molecule has 0 N–H and O–H groups in total. The van der Waals surface area contributed by atoms with Gasteiger partial charge in [-0.2, -0.15) is 0 Å². The highest BCUT2D eigenvalue weighted by Crippen LogP contribution is 2.32. The summed E-state index contributed by atoms with van der Waals surface area (Å²) in [5.41, 5.74) is 0. The fourth-order valence-electron chi connectivity index (χ4n) is 1.01. The molecule has 0 unspecified atom stereocenters. The number of ketones is 1. The van der Waals surface area contributed by atoms with E-state index in [0.717, 1.165) is 12.8 Å². The SMILES string of the molecule is COC(=O)[C@@H](C)C(=O)C1CC1. The van der Waals surface area contributed by atoms with Gasteiger partial charge in [0.2, 0.25) is 0 Å². The van der Waals surface area contributed by atoms with Crippen LogP contribution >= 0.6 is 0 Å². The van der Waals surface area contributed by atoms with Crippen LogP contribution in [0.2, 0.25) is 0 Å². The summed E-state index contributed by atoms with van der Waals surface area (Å²) in [7, 11) is 1.30. The van der Waals surface area contributed by atoms with Crippen molar-refractivity contribution in [2.24, 2.45) is 11.8 Å². The first-order chi connectivity index (χ1) is 5.16. The van der Waals surface area contributed by atoms with E-state index < -0.39 is 11.9 Å². The summed E-state index contributed by atoms with van der Waals surface area (Å²) in [6.07, 6.45) is 1.89. The van der Waals surface area contributed by atoms with Crippen molar-refractivity contribution in [1.29, 1.82) is 0 Å². The van der Waals surface area contributed by atoms with Crippen LogP contribution in [0.1, 0.15) is 19.8 Å². The molecule has 3 nitrogen and oxygen atoms in total. The normalized spacial score (nSPS) is 19.1. The van der Waals surface area contributed by atoms with Crippen LogP contribution in [0.5, 0.6) is 0 Å². The molecule has 0 saturated heterocycles. The Hall–Kier alpha value is -0.860. The van der Waals surface area contributed by atoms with Gasteiger partial charge in [0.1, 0.15) is 11.7 Å². The number of methoxy groups -OCH3 is 1. The molecule has 1 fully saturated rings. The van der Waals surface area contributed by atoms with Gasteiger partial charge >= 0.3 is 5.97 Å². The zero-order valence-electron chi connectivity index (χ0n) is 6.79. The summed E-state index contributed by atoms with van der Waals surface area (Å²) in [5.74, 6) is -0.796. The van der Waals surface area contributed by atoms with Crippen molar-refractivity contribution in [3.63, 3.8) is 0 Å². The third-order valence-electron chi connectivity index (χ3n) is 1.96. The molecule has 1 saturated carbocycles. The first-order valence-corrected chi connectivity index (χ1v) is 3.78. The van der Waals surface area contributed by atoms with Crippen LogP contribution in [0, 0.1) is 11.8 Å². The fourth-order valence-corrected chi connectivity index (χ4v) is 1.01. The summed E-state index contributed by atoms with van der Waals surface area (Å²) in [5, 5.41) is 0. The maximum Gasteiger partial charge on any atom is 0.315 e. The van der Waals surface area contributed by atoms with Crippen LogP contribution in [0.25, 0.3) is 0 Å². The van der Waals surface area contributed by atoms with Crippen LogP contribution in [-0.4, -0.2) is 18.9 Å². The van der Waals surface area contributed by atoms with Gasteiger partial charge in [0.05, 0.1) is 7.11 Å². The monoisotopic (exact) mass is 156 g/mol. The van der Waals surface area contributed by atoms with Crippen LogP contribution in [0.3, 0.4) is 0 Å². The Labute approximate surface area is 65.7 Å². The minimum Gasteiger partial charge on any atom is -0.468 e. The van der Waals surface area contributed by atoms with E-state index in [0.29, 0.717) is 0 Å². The van der Waals surface area contributed by atoms with Gasteiger partial charge in [-0.25, -0.2) is 0 Å². The van der Waals surface area contributed by atoms with Crippen LogP contribution in [0.4, 0.5) is 0 Å². The van der Waals surface area contributed by atoms with Gasteiger partial charge in [-0.1, -0.05) is 0 Å². The van der Waals surface area contributed by atoms with Gasteiger partial charge in [0.15, 0.2) is 0 Å². The Morgan fingerprint density at radius 2 is 2.00 bits per heavy atom. The second kappa shape index (κ2) is 3.03. The highest BCUT2D eigenvalue weighted by atomic mass is 16.5. The molecule has 1 aliphatic rings. The number of Topliss-reactive ketones (excluding diaryl/α,β-unsaturated/α-hetero) is 1. The van der Waals surface area contributed by atoms with Crippen LogP contribution in [-0.2, 0) is 14.3 Å². The average Bonchev–Trinajstić information content (AvgIpc) is 2.82. The highest BCUT2D eigenvalue weighted by Gasteiger charge is 2.36. The average molecular weight is 156 g/mol. The predicted octanol–water partition coefficient (Wildman–Crippen LogP) is 0.775. The summed E-state index contributed by atoms with van der Waals surface area (Å²) < 4.78 is 4.45. The topological polar surface area (TPSA) is 43.4 Å². The molecule has 1 atom stereocenters. The quantitative estimate of drug-likeness (QED) is 0.448. The number of rotatable bonds is 3. The summed E-state index contributed by atoms with van der Waals surface area (Å²) >= 11 is 0. The van der Waals surface area contributed by atoms with E-state index >= 15 is 0 Å². The number of esters is 1. The molecule has 0 radical (unpaired) electrons. The summed E-state index contributed by atoms with van der Waals surface area (Å²) in [6, 6.07) is 0. The van der Waals surface area contributed by atoms with Gasteiger partial charge in [0.25, 0.3) is 0 Å². The minimum atomic E-state index is -0.563. The standard InChI is InChI=1S/C8H12O3/c1-5(8(10)11-2)7(9)6-3-4-6/h5-6H,3-4H2,1-2H3/t5-/m0/s1. The molecule has 62 valence electrons. The maximum atomic E-state index is 11.2. The van der Waals surface area contributed by atoms with Crippen molar-refractivity contribution >= 4 is 11.8 Å². The smallest absolute Gasteiger partial charge is 0.315 e. The van der Waals surface area contributed by atoms with Gasteiger partial charge in [-0.3, -0.25) is 9.59 Å². The van der Waals surface area contributed by atoms with E-state index in [9.17, 15) is 9.59 Å². The summed E-state index contributed by atoms with van der Waals surface area (Å²) in [4.78, 5) is 22.0. The molecule has 0 aromatic heterocycles. The molecular weight excluding hydrogens is 144 g/mol.